The Morgan fingerprint density at radius 3 is 2.40 bits per heavy atom. The molecule has 3 heteroatoms. The van der Waals surface area contributed by atoms with Gasteiger partial charge in [0.25, 0.3) is 0 Å². The quantitative estimate of drug-likeness (QED) is 0.731. The lowest BCUT2D eigenvalue weighted by Crippen LogP contribution is -2.27. The van der Waals surface area contributed by atoms with Crippen LogP contribution in [0.25, 0.3) is 0 Å². The van der Waals surface area contributed by atoms with E-state index >= 15 is 0 Å². The van der Waals surface area contributed by atoms with Crippen molar-refractivity contribution in [3.63, 3.8) is 0 Å². The molecule has 0 spiro atoms. The van der Waals surface area contributed by atoms with Gasteiger partial charge in [0.05, 0.1) is 5.02 Å². The Kier molecular flexibility index (Phi) is 3.86. The molecule has 0 saturated carbocycles. The molecule has 0 N–H and O–H groups in total. The van der Waals surface area contributed by atoms with E-state index in [0.29, 0.717) is 10.7 Å². The molecule has 0 unspecified atom stereocenters. The van der Waals surface area contributed by atoms with Gasteiger partial charge < -0.3 is 0 Å². The molecular formula is C12H16ClNO. The summed E-state index contributed by atoms with van der Waals surface area (Å²) < 4.78 is 0. The predicted molar refractivity (Wildman–Crippen MR) is 62.3 cm³/mol. The number of halogens is 1. The molecule has 1 aromatic heterocycles. The lowest BCUT2D eigenvalue weighted by atomic mass is 9.79. The van der Waals surface area contributed by atoms with Crippen molar-refractivity contribution in [2.24, 2.45) is 5.41 Å². The number of nitrogens with zero attached hydrogens (tertiary/aromatic N) is 1. The predicted octanol–water partition coefficient (Wildman–Crippen LogP) is 3.74. The van der Waals surface area contributed by atoms with Crippen molar-refractivity contribution in [3.05, 3.63) is 29.0 Å². The topological polar surface area (TPSA) is 30.0 Å². The zero-order valence-corrected chi connectivity index (χ0v) is 10.1. The lowest BCUT2D eigenvalue weighted by molar-refractivity contribution is 0.0797. The first-order valence-electron chi connectivity index (χ1n) is 5.20. The number of ketones is 1. The monoisotopic (exact) mass is 225 g/mol. The average Bonchev–Trinajstić information content (AvgIpc) is 2.28. The molecule has 1 aromatic rings. The van der Waals surface area contributed by atoms with Crippen molar-refractivity contribution in [1.29, 1.82) is 0 Å². The van der Waals surface area contributed by atoms with Crippen LogP contribution in [0.3, 0.4) is 0 Å². The number of rotatable bonds is 4. The molecule has 82 valence electrons. The second-order valence-corrected chi connectivity index (χ2v) is 4.39. The molecule has 0 saturated heterocycles. The highest BCUT2D eigenvalue weighted by Gasteiger charge is 2.30. The molecule has 1 rings (SSSR count). The van der Waals surface area contributed by atoms with Crippen LogP contribution in [0.5, 0.6) is 0 Å². The third kappa shape index (κ3) is 2.57. The Bertz CT molecular complexity index is 341. The van der Waals surface area contributed by atoms with Gasteiger partial charge in [-0.1, -0.05) is 32.4 Å². The maximum Gasteiger partial charge on any atom is 0.186 e. The van der Waals surface area contributed by atoms with Gasteiger partial charge in [-0.3, -0.25) is 9.78 Å². The average molecular weight is 226 g/mol. The first-order chi connectivity index (χ1) is 7.03. The van der Waals surface area contributed by atoms with Gasteiger partial charge in [-0.15, -0.1) is 0 Å². The van der Waals surface area contributed by atoms with Crippen molar-refractivity contribution < 1.29 is 4.79 Å². The molecule has 0 aliphatic heterocycles. The molecular weight excluding hydrogens is 210 g/mol. The van der Waals surface area contributed by atoms with Gasteiger partial charge in [0.15, 0.2) is 5.78 Å². The molecule has 0 amide bonds. The minimum Gasteiger partial charge on any atom is -0.292 e. The molecule has 0 aromatic carbocycles. The molecule has 15 heavy (non-hydrogen) atoms. The van der Waals surface area contributed by atoms with E-state index in [9.17, 15) is 4.79 Å². The van der Waals surface area contributed by atoms with Crippen LogP contribution in [0.1, 0.15) is 44.1 Å². The first-order valence-corrected chi connectivity index (χ1v) is 5.57. The van der Waals surface area contributed by atoms with Gasteiger partial charge in [0.2, 0.25) is 0 Å². The van der Waals surface area contributed by atoms with Crippen LogP contribution in [0.4, 0.5) is 0 Å². The van der Waals surface area contributed by atoms with Crippen LogP contribution >= 0.6 is 11.6 Å². The van der Waals surface area contributed by atoms with E-state index in [0.717, 1.165) is 12.8 Å². The third-order valence-corrected chi connectivity index (χ3v) is 3.29. The van der Waals surface area contributed by atoms with Crippen LogP contribution in [-0.2, 0) is 0 Å². The summed E-state index contributed by atoms with van der Waals surface area (Å²) in [6.45, 7) is 6.03. The van der Waals surface area contributed by atoms with Crippen molar-refractivity contribution >= 4 is 17.4 Å². The lowest BCUT2D eigenvalue weighted by Gasteiger charge is -2.24. The highest BCUT2D eigenvalue weighted by atomic mass is 35.5. The fourth-order valence-electron chi connectivity index (χ4n) is 1.39. The van der Waals surface area contributed by atoms with Crippen molar-refractivity contribution in [2.75, 3.05) is 0 Å². The fourth-order valence-corrected chi connectivity index (χ4v) is 1.50. The molecule has 0 aliphatic carbocycles. The summed E-state index contributed by atoms with van der Waals surface area (Å²) in [4.78, 5) is 16.2. The number of hydrogen-bond acceptors (Lipinski definition) is 2. The summed E-state index contributed by atoms with van der Waals surface area (Å²) in [6, 6.07) is 3.39. The van der Waals surface area contributed by atoms with E-state index in [2.05, 4.69) is 4.98 Å². The Hall–Kier alpha value is -0.890. The second-order valence-electron chi connectivity index (χ2n) is 3.96. The van der Waals surface area contributed by atoms with Crippen molar-refractivity contribution in [3.8, 4) is 0 Å². The fraction of sp³-hybridized carbons (Fsp3) is 0.500. The van der Waals surface area contributed by atoms with Gasteiger partial charge in [-0.05, 0) is 25.0 Å². The van der Waals surface area contributed by atoms with Gasteiger partial charge >= 0.3 is 0 Å². The Labute approximate surface area is 95.7 Å². The van der Waals surface area contributed by atoms with Crippen molar-refractivity contribution in [2.45, 2.75) is 33.6 Å². The molecule has 0 atom stereocenters. The summed E-state index contributed by atoms with van der Waals surface area (Å²) in [6.07, 6.45) is 3.17. The number of hydrogen-bond donors (Lipinski definition) is 0. The van der Waals surface area contributed by atoms with Gasteiger partial charge in [0.1, 0.15) is 5.69 Å². The second kappa shape index (κ2) is 4.75. The molecule has 0 fully saturated rings. The molecule has 0 bridgehead atoms. The number of carbonyl (C=O) groups excluding carboxylic acids is 1. The number of pyridine rings is 1. The maximum atomic E-state index is 12.1. The highest BCUT2D eigenvalue weighted by Crippen LogP contribution is 2.29. The highest BCUT2D eigenvalue weighted by molar-refractivity contribution is 6.30. The minimum absolute atomic E-state index is 0.101. The largest absolute Gasteiger partial charge is 0.292 e. The molecule has 0 radical (unpaired) electrons. The summed E-state index contributed by atoms with van der Waals surface area (Å²) in [5.74, 6) is 0.101. The van der Waals surface area contributed by atoms with Crippen LogP contribution in [0.15, 0.2) is 18.3 Å². The number of carbonyl (C=O) groups is 1. The van der Waals surface area contributed by atoms with Crippen molar-refractivity contribution in [1.82, 2.24) is 4.98 Å². The van der Waals surface area contributed by atoms with Crippen LogP contribution in [0.2, 0.25) is 5.02 Å². The van der Waals surface area contributed by atoms with Crippen LogP contribution in [-0.4, -0.2) is 10.8 Å². The zero-order chi connectivity index (χ0) is 11.5. The van der Waals surface area contributed by atoms with E-state index in [-0.39, 0.29) is 11.2 Å². The van der Waals surface area contributed by atoms with Gasteiger partial charge in [-0.25, -0.2) is 0 Å². The maximum absolute atomic E-state index is 12.1. The Morgan fingerprint density at radius 1 is 1.40 bits per heavy atom. The SMILES string of the molecule is CCC(C)(CC)C(=O)c1ccc(Cl)cn1. The van der Waals surface area contributed by atoms with E-state index < -0.39 is 0 Å². The first kappa shape index (κ1) is 12.2. The van der Waals surface area contributed by atoms with E-state index in [4.69, 9.17) is 11.6 Å². The van der Waals surface area contributed by atoms with E-state index in [1.54, 1.807) is 12.1 Å². The third-order valence-electron chi connectivity index (χ3n) is 3.07. The van der Waals surface area contributed by atoms with E-state index in [1.165, 1.54) is 6.20 Å². The van der Waals surface area contributed by atoms with E-state index in [1.807, 2.05) is 20.8 Å². The molecule has 1 heterocycles. The standard InChI is InChI=1S/C12H16ClNO/c1-4-12(3,5-2)11(15)10-7-6-9(13)8-14-10/h6-8H,4-5H2,1-3H3. The van der Waals surface area contributed by atoms with Crippen LogP contribution in [0, 0.1) is 5.41 Å². The molecule has 2 nitrogen and oxygen atoms in total. The molecule has 0 aliphatic rings. The number of aromatic nitrogens is 1. The zero-order valence-electron chi connectivity index (χ0n) is 9.38. The van der Waals surface area contributed by atoms with Gasteiger partial charge in [0, 0.05) is 11.6 Å². The summed E-state index contributed by atoms with van der Waals surface area (Å²) in [5.41, 5.74) is 0.200. The Morgan fingerprint density at radius 2 is 2.00 bits per heavy atom. The summed E-state index contributed by atoms with van der Waals surface area (Å²) in [7, 11) is 0. The summed E-state index contributed by atoms with van der Waals surface area (Å²) in [5, 5.41) is 0.557. The Balaban J connectivity index is 2.98. The van der Waals surface area contributed by atoms with Crippen LogP contribution < -0.4 is 0 Å². The number of Topliss-reactive ketones (excluding diaryl/α,β-unsaturated/α-hetero) is 1. The summed E-state index contributed by atoms with van der Waals surface area (Å²) >= 11 is 5.72. The minimum atomic E-state index is -0.305. The smallest absolute Gasteiger partial charge is 0.186 e. The van der Waals surface area contributed by atoms with Gasteiger partial charge in [-0.2, -0.15) is 0 Å². The normalized spacial score (nSPS) is 11.5.